The second kappa shape index (κ2) is 13.0. The van der Waals surface area contributed by atoms with Gasteiger partial charge in [0.05, 0.1) is 18.2 Å². The summed E-state index contributed by atoms with van der Waals surface area (Å²) in [5.41, 5.74) is 3.82. The van der Waals surface area contributed by atoms with Crippen molar-refractivity contribution >= 4 is 47.5 Å². The zero-order valence-corrected chi connectivity index (χ0v) is 26.2. The minimum Gasteiger partial charge on any atom is -0.493 e. The van der Waals surface area contributed by atoms with Crippen molar-refractivity contribution < 1.29 is 9.53 Å². The molecule has 6 nitrogen and oxygen atoms in total. The van der Waals surface area contributed by atoms with Gasteiger partial charge >= 0.3 is 6.03 Å². The number of halogens is 3. The molecule has 0 unspecified atom stereocenters. The number of benzene rings is 3. The van der Waals surface area contributed by atoms with Gasteiger partial charge in [-0.25, -0.2) is 4.79 Å². The van der Waals surface area contributed by atoms with E-state index in [1.165, 1.54) is 0 Å². The molecule has 218 valence electrons. The largest absolute Gasteiger partial charge is 0.493 e. The quantitative estimate of drug-likeness (QED) is 0.320. The van der Waals surface area contributed by atoms with Gasteiger partial charge in [0.2, 0.25) is 0 Å². The van der Waals surface area contributed by atoms with Crippen LogP contribution >= 0.6 is 35.6 Å². The number of nitrogens with zero attached hydrogens (tertiary/aromatic N) is 3. The highest BCUT2D eigenvalue weighted by atomic mass is 35.5. The number of carbonyl (C=O) groups is 1. The maximum atomic E-state index is 14.4. The average Bonchev–Trinajstić information content (AvgIpc) is 3.34. The Morgan fingerprint density at radius 1 is 0.951 bits per heavy atom. The third kappa shape index (κ3) is 6.67. The van der Waals surface area contributed by atoms with E-state index in [1.807, 2.05) is 71.3 Å². The summed E-state index contributed by atoms with van der Waals surface area (Å²) < 4.78 is 6.19. The number of urea groups is 1. The van der Waals surface area contributed by atoms with Crippen LogP contribution in [0.15, 0.2) is 71.7 Å². The molecule has 2 aliphatic rings. The summed E-state index contributed by atoms with van der Waals surface area (Å²) in [5, 5.41) is 4.64. The fraction of sp³-hybridized carbons (Fsp3) is 0.375. The topological polar surface area (TPSA) is 57.2 Å². The minimum atomic E-state index is -0.382. The summed E-state index contributed by atoms with van der Waals surface area (Å²) >= 11 is 12.5. The second-order valence-electron chi connectivity index (χ2n) is 11.2. The normalized spacial score (nSPS) is 19.0. The fourth-order valence-corrected chi connectivity index (χ4v) is 5.56. The molecule has 0 radical (unpaired) electrons. The summed E-state index contributed by atoms with van der Waals surface area (Å²) in [6, 6.07) is 20.9. The molecule has 1 N–H and O–H groups in total. The molecular formula is C32H37Cl3N4O2. The summed E-state index contributed by atoms with van der Waals surface area (Å²) in [6.07, 6.45) is 0. The number of amidine groups is 1. The van der Waals surface area contributed by atoms with E-state index >= 15 is 0 Å². The van der Waals surface area contributed by atoms with Crippen molar-refractivity contribution in [3.05, 3.63) is 99.0 Å². The molecule has 41 heavy (non-hydrogen) atoms. The van der Waals surface area contributed by atoms with Crippen molar-refractivity contribution in [2.75, 3.05) is 32.8 Å². The lowest BCUT2D eigenvalue weighted by Crippen LogP contribution is -2.53. The summed E-state index contributed by atoms with van der Waals surface area (Å²) in [7, 11) is 0. The molecule has 1 fully saturated rings. The molecule has 0 aliphatic carbocycles. The first kappa shape index (κ1) is 31.2. The number of carbonyl (C=O) groups excluding carboxylic acids is 1. The molecule has 0 aromatic heterocycles. The van der Waals surface area contributed by atoms with Crippen molar-refractivity contribution in [2.45, 2.75) is 45.2 Å². The van der Waals surface area contributed by atoms with Gasteiger partial charge in [-0.2, -0.15) is 0 Å². The lowest BCUT2D eigenvalue weighted by molar-refractivity contribution is 0.157. The fourth-order valence-electron chi connectivity index (χ4n) is 5.31. The van der Waals surface area contributed by atoms with Gasteiger partial charge in [0.25, 0.3) is 0 Å². The number of amides is 2. The van der Waals surface area contributed by atoms with Crippen LogP contribution in [0.5, 0.6) is 5.75 Å². The van der Waals surface area contributed by atoms with Gasteiger partial charge in [0.15, 0.2) is 0 Å². The third-order valence-corrected chi connectivity index (χ3v) is 7.98. The SMILES string of the molecule is CCOc1cc(C(C)(C)C)ccc1C1=N[C@@H](c2ccc(Cl)cc2)[C@@H](c2ccc(Cl)cc2)N1C(=O)N1CCNCC1.Cl. The Balaban J connectivity index is 0.00000387. The maximum absolute atomic E-state index is 14.4. The Morgan fingerprint density at radius 2 is 1.54 bits per heavy atom. The van der Waals surface area contributed by atoms with Crippen LogP contribution < -0.4 is 10.1 Å². The van der Waals surface area contributed by atoms with Gasteiger partial charge in [-0.3, -0.25) is 9.89 Å². The molecule has 3 aromatic carbocycles. The van der Waals surface area contributed by atoms with Crippen molar-refractivity contribution in [3.63, 3.8) is 0 Å². The number of hydrogen-bond acceptors (Lipinski definition) is 4. The Bertz CT molecular complexity index is 1380. The molecule has 2 aliphatic heterocycles. The van der Waals surface area contributed by atoms with Gasteiger partial charge in [-0.05, 0) is 65.4 Å². The molecule has 5 rings (SSSR count). The number of hydrogen-bond donors (Lipinski definition) is 1. The maximum Gasteiger partial charge on any atom is 0.326 e. The highest BCUT2D eigenvalue weighted by Gasteiger charge is 2.44. The molecule has 3 aromatic rings. The first-order valence-electron chi connectivity index (χ1n) is 13.8. The van der Waals surface area contributed by atoms with E-state index in [2.05, 4.69) is 38.2 Å². The van der Waals surface area contributed by atoms with E-state index in [4.69, 9.17) is 32.9 Å². The summed E-state index contributed by atoms with van der Waals surface area (Å²) in [4.78, 5) is 23.5. The van der Waals surface area contributed by atoms with Crippen LogP contribution in [0.2, 0.25) is 10.0 Å². The Kier molecular flexibility index (Phi) is 9.91. The van der Waals surface area contributed by atoms with Crippen LogP contribution in [0, 0.1) is 0 Å². The zero-order chi connectivity index (χ0) is 28.4. The van der Waals surface area contributed by atoms with Crippen molar-refractivity contribution in [1.82, 2.24) is 15.1 Å². The molecule has 2 heterocycles. The third-order valence-electron chi connectivity index (χ3n) is 7.47. The van der Waals surface area contributed by atoms with Crippen LogP contribution in [0.3, 0.4) is 0 Å². The lowest BCUT2D eigenvalue weighted by atomic mass is 9.86. The molecule has 1 saturated heterocycles. The van der Waals surface area contributed by atoms with E-state index in [9.17, 15) is 4.79 Å². The smallest absolute Gasteiger partial charge is 0.326 e. The Hall–Kier alpha value is -2.77. The van der Waals surface area contributed by atoms with Crippen molar-refractivity contribution in [2.24, 2.45) is 4.99 Å². The van der Waals surface area contributed by atoms with E-state index < -0.39 is 0 Å². The van der Waals surface area contributed by atoms with Crippen LogP contribution in [0.1, 0.15) is 62.0 Å². The van der Waals surface area contributed by atoms with Crippen LogP contribution in [-0.2, 0) is 5.41 Å². The van der Waals surface area contributed by atoms with E-state index in [-0.39, 0.29) is 35.9 Å². The Labute approximate surface area is 259 Å². The van der Waals surface area contributed by atoms with Crippen molar-refractivity contribution in [3.8, 4) is 5.75 Å². The second-order valence-corrected chi connectivity index (χ2v) is 12.1. The number of piperazine rings is 1. The van der Waals surface area contributed by atoms with E-state index in [1.54, 1.807) is 0 Å². The molecule has 9 heteroatoms. The monoisotopic (exact) mass is 614 g/mol. The van der Waals surface area contributed by atoms with Gasteiger partial charge in [0, 0.05) is 36.2 Å². The first-order chi connectivity index (χ1) is 19.2. The number of ether oxygens (including phenoxy) is 1. The molecule has 2 atom stereocenters. The highest BCUT2D eigenvalue weighted by molar-refractivity contribution is 6.30. The standard InChI is InChI=1S/C32H36Cl2N4O2.ClH/c1-5-40-27-20-23(32(2,3)4)10-15-26(27)30-36-28(21-6-11-24(33)12-7-21)29(22-8-13-25(34)14-9-22)38(30)31(39)37-18-16-35-17-19-37;/h6-15,20,28-29,35H,5,16-19H2,1-4H3;1H/t28-,29+;/m0./s1. The number of aliphatic imine (C=N–C) groups is 1. The highest BCUT2D eigenvalue weighted by Crippen LogP contribution is 2.45. The van der Waals surface area contributed by atoms with Crippen LogP contribution in [-0.4, -0.2) is 54.5 Å². The van der Waals surface area contributed by atoms with Gasteiger partial charge in [-0.1, -0.05) is 74.3 Å². The summed E-state index contributed by atoms with van der Waals surface area (Å²) in [6.45, 7) is 11.8. The Morgan fingerprint density at radius 3 is 2.10 bits per heavy atom. The van der Waals surface area contributed by atoms with E-state index in [0.29, 0.717) is 35.6 Å². The minimum absolute atomic E-state index is 0. The average molecular weight is 616 g/mol. The number of rotatable bonds is 5. The van der Waals surface area contributed by atoms with Gasteiger partial charge in [0.1, 0.15) is 17.6 Å². The van der Waals surface area contributed by atoms with Gasteiger partial charge < -0.3 is 15.0 Å². The zero-order valence-electron chi connectivity index (χ0n) is 23.9. The predicted octanol–water partition coefficient (Wildman–Crippen LogP) is 7.68. The van der Waals surface area contributed by atoms with Crippen LogP contribution in [0.4, 0.5) is 4.79 Å². The predicted molar refractivity (Wildman–Crippen MR) is 170 cm³/mol. The molecule has 0 saturated carbocycles. The molecule has 2 amide bonds. The van der Waals surface area contributed by atoms with Gasteiger partial charge in [-0.15, -0.1) is 12.4 Å². The van der Waals surface area contributed by atoms with Crippen LogP contribution in [0.25, 0.3) is 0 Å². The molecule has 0 spiro atoms. The molecular weight excluding hydrogens is 579 g/mol. The van der Waals surface area contributed by atoms with E-state index in [0.717, 1.165) is 41.1 Å². The first-order valence-corrected chi connectivity index (χ1v) is 14.6. The molecule has 0 bridgehead atoms. The number of nitrogens with one attached hydrogen (secondary N) is 1. The summed E-state index contributed by atoms with van der Waals surface area (Å²) in [5.74, 6) is 1.32. The van der Waals surface area contributed by atoms with Crippen molar-refractivity contribution in [1.29, 1.82) is 0 Å². The lowest BCUT2D eigenvalue weighted by Gasteiger charge is -2.36.